The van der Waals surface area contributed by atoms with E-state index in [1.54, 1.807) is 12.1 Å². The lowest BCUT2D eigenvalue weighted by Crippen LogP contribution is -1.94. The van der Waals surface area contributed by atoms with Crippen LogP contribution in [0.25, 0.3) is 11.3 Å². The van der Waals surface area contributed by atoms with E-state index in [-0.39, 0.29) is 17.2 Å². The zero-order valence-electron chi connectivity index (χ0n) is 8.88. The predicted octanol–water partition coefficient (Wildman–Crippen LogP) is 1.75. The second-order valence-corrected chi connectivity index (χ2v) is 3.27. The number of hydrogen-bond acceptors (Lipinski definition) is 5. The van der Waals surface area contributed by atoms with Crippen molar-refractivity contribution in [2.45, 2.75) is 0 Å². The number of phenolic OH excluding ortho intramolecular Hbond substituents is 1. The summed E-state index contributed by atoms with van der Waals surface area (Å²) in [5, 5.41) is 21.6. The number of hydrogen-bond donors (Lipinski definition) is 2. The number of ether oxygens (including phenoxy) is 1. The summed E-state index contributed by atoms with van der Waals surface area (Å²) in [5.74, 6) is -0.636. The van der Waals surface area contributed by atoms with Crippen molar-refractivity contribution in [1.29, 1.82) is 0 Å². The Morgan fingerprint density at radius 3 is 2.71 bits per heavy atom. The third-order valence-electron chi connectivity index (χ3n) is 2.19. The molecule has 1 heterocycles. The summed E-state index contributed by atoms with van der Waals surface area (Å²) in [5.41, 5.74) is 0.332. The number of phenols is 1. The number of aromatic nitrogens is 1. The Bertz CT molecular complexity index is 561. The van der Waals surface area contributed by atoms with Gasteiger partial charge < -0.3 is 19.5 Å². The van der Waals surface area contributed by atoms with Crippen LogP contribution in [0.2, 0.25) is 0 Å². The fraction of sp³-hybridized carbons (Fsp3) is 0.0909. The van der Waals surface area contributed by atoms with E-state index >= 15 is 0 Å². The SMILES string of the molecule is COc1ccc(-c2cc(C(=O)O)no2)cc1O. The maximum atomic E-state index is 10.6. The Morgan fingerprint density at radius 2 is 2.18 bits per heavy atom. The molecule has 0 atom stereocenters. The van der Waals surface area contributed by atoms with Crippen LogP contribution < -0.4 is 4.74 Å². The average Bonchev–Trinajstić information content (AvgIpc) is 2.78. The number of nitrogens with zero attached hydrogens (tertiary/aromatic N) is 1. The minimum atomic E-state index is -1.17. The van der Waals surface area contributed by atoms with Crippen LogP contribution in [-0.2, 0) is 0 Å². The van der Waals surface area contributed by atoms with Gasteiger partial charge in [0.05, 0.1) is 7.11 Å². The van der Waals surface area contributed by atoms with Crippen molar-refractivity contribution in [1.82, 2.24) is 5.16 Å². The maximum absolute atomic E-state index is 10.6. The summed E-state index contributed by atoms with van der Waals surface area (Å²) in [4.78, 5) is 10.6. The van der Waals surface area contributed by atoms with Gasteiger partial charge in [-0.2, -0.15) is 0 Å². The standard InChI is InChI=1S/C11H9NO5/c1-16-9-3-2-6(4-8(9)13)10-5-7(11(14)15)12-17-10/h2-5,13H,1H3,(H,14,15). The van der Waals surface area contributed by atoms with Crippen molar-refractivity contribution in [3.8, 4) is 22.8 Å². The molecule has 1 aromatic heterocycles. The van der Waals surface area contributed by atoms with Crippen LogP contribution in [-0.4, -0.2) is 28.4 Å². The molecule has 2 rings (SSSR count). The quantitative estimate of drug-likeness (QED) is 0.841. The molecule has 0 radical (unpaired) electrons. The lowest BCUT2D eigenvalue weighted by Gasteiger charge is -2.03. The minimum Gasteiger partial charge on any atom is -0.504 e. The Morgan fingerprint density at radius 1 is 1.41 bits per heavy atom. The first-order chi connectivity index (χ1) is 8.11. The summed E-state index contributed by atoms with van der Waals surface area (Å²) in [6, 6.07) is 5.87. The molecular weight excluding hydrogens is 226 g/mol. The van der Waals surface area contributed by atoms with Crippen LogP contribution >= 0.6 is 0 Å². The molecule has 0 bridgehead atoms. The molecule has 0 saturated carbocycles. The van der Waals surface area contributed by atoms with Gasteiger partial charge in [0.25, 0.3) is 0 Å². The molecule has 0 spiro atoms. The van der Waals surface area contributed by atoms with Crippen molar-refractivity contribution in [2.24, 2.45) is 0 Å². The summed E-state index contributed by atoms with van der Waals surface area (Å²) in [7, 11) is 1.44. The molecule has 0 saturated heterocycles. The zero-order chi connectivity index (χ0) is 12.4. The van der Waals surface area contributed by atoms with E-state index < -0.39 is 5.97 Å². The first kappa shape index (κ1) is 11.0. The Labute approximate surface area is 96.0 Å². The van der Waals surface area contributed by atoms with Gasteiger partial charge in [-0.1, -0.05) is 5.16 Å². The van der Waals surface area contributed by atoms with E-state index in [1.807, 2.05) is 0 Å². The molecule has 2 aromatic rings. The van der Waals surface area contributed by atoms with Crippen molar-refractivity contribution in [3.63, 3.8) is 0 Å². The van der Waals surface area contributed by atoms with Gasteiger partial charge in [-0.25, -0.2) is 4.79 Å². The van der Waals surface area contributed by atoms with Crippen molar-refractivity contribution < 1.29 is 24.3 Å². The van der Waals surface area contributed by atoms with Gasteiger partial charge >= 0.3 is 5.97 Å². The van der Waals surface area contributed by atoms with E-state index in [1.165, 1.54) is 19.2 Å². The smallest absolute Gasteiger partial charge is 0.358 e. The van der Waals surface area contributed by atoms with Gasteiger partial charge in [0.15, 0.2) is 23.0 Å². The summed E-state index contributed by atoms with van der Waals surface area (Å²) < 4.78 is 9.75. The summed E-state index contributed by atoms with van der Waals surface area (Å²) in [6.45, 7) is 0. The molecule has 0 aliphatic rings. The maximum Gasteiger partial charge on any atom is 0.358 e. The molecule has 0 unspecified atom stereocenters. The number of methoxy groups -OCH3 is 1. The predicted molar refractivity (Wildman–Crippen MR) is 57.1 cm³/mol. The van der Waals surface area contributed by atoms with Gasteiger partial charge in [0.2, 0.25) is 0 Å². The summed E-state index contributed by atoms with van der Waals surface area (Å²) in [6.07, 6.45) is 0. The molecule has 1 aromatic carbocycles. The number of carbonyl (C=O) groups is 1. The minimum absolute atomic E-state index is 0.0572. The lowest BCUT2D eigenvalue weighted by atomic mass is 10.1. The highest BCUT2D eigenvalue weighted by Crippen LogP contribution is 2.31. The molecule has 0 amide bonds. The molecule has 6 heteroatoms. The number of aromatic hydroxyl groups is 1. The molecule has 2 N–H and O–H groups in total. The van der Waals surface area contributed by atoms with Crippen LogP contribution in [0.15, 0.2) is 28.8 Å². The Kier molecular flexibility index (Phi) is 2.70. The monoisotopic (exact) mass is 235 g/mol. The van der Waals surface area contributed by atoms with Gasteiger partial charge in [0.1, 0.15) is 0 Å². The van der Waals surface area contributed by atoms with Crippen molar-refractivity contribution >= 4 is 5.97 Å². The fourth-order valence-electron chi connectivity index (χ4n) is 1.36. The van der Waals surface area contributed by atoms with Crippen LogP contribution in [0.3, 0.4) is 0 Å². The van der Waals surface area contributed by atoms with Crippen molar-refractivity contribution in [3.05, 3.63) is 30.0 Å². The molecule has 0 aliphatic heterocycles. The molecule has 17 heavy (non-hydrogen) atoms. The van der Waals surface area contributed by atoms with Gasteiger partial charge in [-0.15, -0.1) is 0 Å². The average molecular weight is 235 g/mol. The number of aromatic carboxylic acids is 1. The second kappa shape index (κ2) is 4.17. The number of rotatable bonds is 3. The largest absolute Gasteiger partial charge is 0.504 e. The van der Waals surface area contributed by atoms with Gasteiger partial charge in [0, 0.05) is 11.6 Å². The van der Waals surface area contributed by atoms with Crippen LogP contribution in [0.5, 0.6) is 11.5 Å². The molecular formula is C11H9NO5. The highest BCUT2D eigenvalue weighted by atomic mass is 16.5. The van der Waals surface area contributed by atoms with E-state index in [0.717, 1.165) is 0 Å². The molecule has 0 fully saturated rings. The van der Waals surface area contributed by atoms with Crippen LogP contribution in [0, 0.1) is 0 Å². The van der Waals surface area contributed by atoms with Gasteiger partial charge in [-0.05, 0) is 18.2 Å². The number of benzene rings is 1. The molecule has 0 aliphatic carbocycles. The molecule has 88 valence electrons. The summed E-state index contributed by atoms with van der Waals surface area (Å²) >= 11 is 0. The third kappa shape index (κ3) is 2.05. The van der Waals surface area contributed by atoms with Crippen LogP contribution in [0.4, 0.5) is 0 Å². The molecule has 6 nitrogen and oxygen atoms in total. The number of carboxylic acids is 1. The first-order valence-electron chi connectivity index (χ1n) is 4.69. The fourth-order valence-corrected chi connectivity index (χ4v) is 1.36. The Hall–Kier alpha value is -2.50. The van der Waals surface area contributed by atoms with E-state index in [0.29, 0.717) is 11.3 Å². The Balaban J connectivity index is 2.39. The van der Waals surface area contributed by atoms with E-state index in [4.69, 9.17) is 14.4 Å². The third-order valence-corrected chi connectivity index (χ3v) is 2.19. The topological polar surface area (TPSA) is 92.8 Å². The van der Waals surface area contributed by atoms with Crippen molar-refractivity contribution in [2.75, 3.05) is 7.11 Å². The first-order valence-corrected chi connectivity index (χ1v) is 4.69. The van der Waals surface area contributed by atoms with E-state index in [2.05, 4.69) is 5.16 Å². The normalized spacial score (nSPS) is 10.2. The van der Waals surface area contributed by atoms with E-state index in [9.17, 15) is 9.90 Å². The van der Waals surface area contributed by atoms with Crippen LogP contribution in [0.1, 0.15) is 10.5 Å². The van der Waals surface area contributed by atoms with Gasteiger partial charge in [-0.3, -0.25) is 0 Å². The zero-order valence-corrected chi connectivity index (χ0v) is 8.88. The second-order valence-electron chi connectivity index (χ2n) is 3.27. The highest BCUT2D eigenvalue weighted by Gasteiger charge is 2.13. The lowest BCUT2D eigenvalue weighted by molar-refractivity contribution is 0.0686. The number of carboxylic acid groups (broad SMARTS) is 1. The highest BCUT2D eigenvalue weighted by molar-refractivity contribution is 5.86.